The molecule has 28 heavy (non-hydrogen) atoms. The predicted molar refractivity (Wildman–Crippen MR) is 116 cm³/mol. The first-order valence-corrected chi connectivity index (χ1v) is 12.3. The molecule has 1 amide bonds. The summed E-state index contributed by atoms with van der Waals surface area (Å²) in [4.78, 5) is 17.5. The van der Waals surface area contributed by atoms with E-state index >= 15 is 0 Å². The normalized spacial score (nSPS) is 23.8. The van der Waals surface area contributed by atoms with E-state index < -0.39 is 0 Å². The first kappa shape index (κ1) is 20.2. The molecule has 1 aromatic rings. The number of piperidine rings is 1. The summed E-state index contributed by atoms with van der Waals surface area (Å²) in [5, 5.41) is 0. The van der Waals surface area contributed by atoms with Crippen molar-refractivity contribution in [3.8, 4) is 0 Å². The van der Waals surface area contributed by atoms with E-state index in [9.17, 15) is 4.79 Å². The Balaban J connectivity index is 1.28. The van der Waals surface area contributed by atoms with E-state index in [2.05, 4.69) is 34.1 Å². The zero-order valence-electron chi connectivity index (χ0n) is 17.1. The fraction of sp³-hybridized carbons (Fsp3) is 0.696. The van der Waals surface area contributed by atoms with Gasteiger partial charge in [-0.25, -0.2) is 0 Å². The molecule has 0 spiro atoms. The van der Waals surface area contributed by atoms with Crippen LogP contribution in [0.15, 0.2) is 24.3 Å². The van der Waals surface area contributed by atoms with Gasteiger partial charge in [-0.05, 0) is 74.9 Å². The predicted octanol–water partition coefficient (Wildman–Crippen LogP) is 3.24. The monoisotopic (exact) mass is 402 g/mol. The molecule has 5 heteroatoms. The Morgan fingerprint density at radius 1 is 1.14 bits per heavy atom. The molecule has 4 rings (SSSR count). The molecule has 2 aliphatic heterocycles. The molecule has 2 fully saturated rings. The van der Waals surface area contributed by atoms with Crippen molar-refractivity contribution in [3.63, 3.8) is 0 Å². The number of benzene rings is 1. The molecule has 1 unspecified atom stereocenters. The zero-order chi connectivity index (χ0) is 19.3. The SMILES string of the molecule is CSCC(=O)N(CC1CCN(C2Cc3ccccc3C2)CC1)CC1CCCO1. The van der Waals surface area contributed by atoms with Gasteiger partial charge in [-0.15, -0.1) is 0 Å². The van der Waals surface area contributed by atoms with Gasteiger partial charge in [0.25, 0.3) is 0 Å². The number of thioether (sulfide) groups is 1. The Morgan fingerprint density at radius 2 is 1.86 bits per heavy atom. The Hall–Kier alpha value is -1.04. The Labute approximate surface area is 174 Å². The van der Waals surface area contributed by atoms with Crippen molar-refractivity contribution in [3.05, 3.63) is 35.4 Å². The second-order valence-corrected chi connectivity index (χ2v) is 9.54. The number of hydrogen-bond donors (Lipinski definition) is 0. The molecule has 0 radical (unpaired) electrons. The van der Waals surface area contributed by atoms with Gasteiger partial charge >= 0.3 is 0 Å². The zero-order valence-corrected chi connectivity index (χ0v) is 18.0. The summed E-state index contributed by atoms with van der Waals surface area (Å²) in [7, 11) is 0. The summed E-state index contributed by atoms with van der Waals surface area (Å²) in [5.74, 6) is 1.51. The number of amides is 1. The van der Waals surface area contributed by atoms with Gasteiger partial charge in [-0.2, -0.15) is 11.8 Å². The van der Waals surface area contributed by atoms with Gasteiger partial charge in [-0.3, -0.25) is 9.69 Å². The van der Waals surface area contributed by atoms with Crippen LogP contribution in [0.1, 0.15) is 36.8 Å². The standard InChI is InChI=1S/C23H34N2O2S/c1-28-17-23(26)25(16-22-7-4-12-27-22)15-18-8-10-24(11-9-18)21-13-19-5-2-3-6-20(19)14-21/h2-3,5-6,18,21-22H,4,7-17H2,1H3. The number of rotatable bonds is 7. The lowest BCUT2D eigenvalue weighted by atomic mass is 9.94. The van der Waals surface area contributed by atoms with Gasteiger partial charge in [0.15, 0.2) is 0 Å². The van der Waals surface area contributed by atoms with E-state index in [4.69, 9.17) is 4.74 Å². The van der Waals surface area contributed by atoms with Gasteiger partial charge in [0.1, 0.15) is 0 Å². The fourth-order valence-electron chi connectivity index (χ4n) is 5.13. The third-order valence-corrected chi connectivity index (χ3v) is 7.28. The summed E-state index contributed by atoms with van der Waals surface area (Å²) in [6, 6.07) is 9.60. The molecule has 4 nitrogen and oxygen atoms in total. The van der Waals surface area contributed by atoms with Crippen molar-refractivity contribution in [2.75, 3.05) is 44.8 Å². The highest BCUT2D eigenvalue weighted by molar-refractivity contribution is 7.99. The van der Waals surface area contributed by atoms with Crippen LogP contribution in [0.2, 0.25) is 0 Å². The maximum atomic E-state index is 12.6. The van der Waals surface area contributed by atoms with Gasteiger partial charge < -0.3 is 9.64 Å². The van der Waals surface area contributed by atoms with Crippen LogP contribution in [0.25, 0.3) is 0 Å². The minimum atomic E-state index is 0.253. The van der Waals surface area contributed by atoms with Crippen LogP contribution in [0.5, 0.6) is 0 Å². The van der Waals surface area contributed by atoms with Gasteiger partial charge in [0, 0.05) is 25.7 Å². The highest BCUT2D eigenvalue weighted by Gasteiger charge is 2.31. The topological polar surface area (TPSA) is 32.8 Å². The molecular formula is C23H34N2O2S. The van der Waals surface area contributed by atoms with Crippen molar-refractivity contribution in [2.24, 2.45) is 5.92 Å². The lowest BCUT2D eigenvalue weighted by Crippen LogP contribution is -2.46. The molecule has 0 saturated carbocycles. The largest absolute Gasteiger partial charge is 0.376 e. The molecule has 3 aliphatic rings. The van der Waals surface area contributed by atoms with Crippen molar-refractivity contribution in [2.45, 2.75) is 50.7 Å². The molecule has 0 aromatic heterocycles. The van der Waals surface area contributed by atoms with Gasteiger partial charge in [0.2, 0.25) is 5.91 Å². The first-order valence-electron chi connectivity index (χ1n) is 10.9. The second kappa shape index (κ2) is 9.64. The molecule has 2 heterocycles. The Bertz CT molecular complexity index is 629. The summed E-state index contributed by atoms with van der Waals surface area (Å²) in [5.41, 5.74) is 3.08. The average molecular weight is 403 g/mol. The minimum absolute atomic E-state index is 0.253. The maximum absolute atomic E-state index is 12.6. The van der Waals surface area contributed by atoms with Crippen molar-refractivity contribution >= 4 is 17.7 Å². The fourth-order valence-corrected chi connectivity index (χ4v) is 5.56. The molecule has 0 N–H and O–H groups in total. The third-order valence-electron chi connectivity index (χ3n) is 6.74. The minimum Gasteiger partial charge on any atom is -0.376 e. The van der Waals surface area contributed by atoms with Crippen LogP contribution >= 0.6 is 11.8 Å². The first-order chi connectivity index (χ1) is 13.7. The Morgan fingerprint density at radius 3 is 2.46 bits per heavy atom. The third kappa shape index (κ3) is 4.92. The van der Waals surface area contributed by atoms with E-state index in [1.807, 2.05) is 6.26 Å². The van der Waals surface area contributed by atoms with Crippen molar-refractivity contribution in [1.82, 2.24) is 9.80 Å². The number of nitrogens with zero attached hydrogens (tertiary/aromatic N) is 2. The Kier molecular flexibility index (Phi) is 6.97. The molecule has 0 bridgehead atoms. The number of fused-ring (bicyclic) bond motifs is 1. The van der Waals surface area contributed by atoms with E-state index in [0.717, 1.165) is 32.5 Å². The van der Waals surface area contributed by atoms with Crippen LogP contribution in [0.3, 0.4) is 0 Å². The van der Waals surface area contributed by atoms with Gasteiger partial charge in [-0.1, -0.05) is 24.3 Å². The van der Waals surface area contributed by atoms with Crippen molar-refractivity contribution < 1.29 is 9.53 Å². The molecule has 1 atom stereocenters. The van der Waals surface area contributed by atoms with E-state index in [1.54, 1.807) is 22.9 Å². The summed E-state index contributed by atoms with van der Waals surface area (Å²) in [6.07, 6.45) is 9.34. The highest BCUT2D eigenvalue weighted by Crippen LogP contribution is 2.29. The number of ether oxygens (including phenoxy) is 1. The smallest absolute Gasteiger partial charge is 0.232 e. The second-order valence-electron chi connectivity index (χ2n) is 8.68. The van der Waals surface area contributed by atoms with Crippen LogP contribution in [0.4, 0.5) is 0 Å². The van der Waals surface area contributed by atoms with E-state index in [-0.39, 0.29) is 12.0 Å². The summed E-state index contributed by atoms with van der Waals surface area (Å²) < 4.78 is 5.81. The number of likely N-dealkylation sites (tertiary alicyclic amines) is 1. The highest BCUT2D eigenvalue weighted by atomic mass is 32.2. The van der Waals surface area contributed by atoms with E-state index in [0.29, 0.717) is 17.7 Å². The summed E-state index contributed by atoms with van der Waals surface area (Å²) >= 11 is 1.63. The van der Waals surface area contributed by atoms with Crippen LogP contribution in [-0.4, -0.2) is 72.6 Å². The van der Waals surface area contributed by atoms with Crippen LogP contribution in [-0.2, 0) is 22.4 Å². The maximum Gasteiger partial charge on any atom is 0.232 e. The summed E-state index contributed by atoms with van der Waals surface area (Å²) in [6.45, 7) is 4.91. The molecule has 154 valence electrons. The van der Waals surface area contributed by atoms with Gasteiger partial charge in [0.05, 0.1) is 11.9 Å². The number of hydrogen-bond acceptors (Lipinski definition) is 4. The van der Waals surface area contributed by atoms with Crippen LogP contribution in [0, 0.1) is 5.92 Å². The average Bonchev–Trinajstić information content (AvgIpc) is 3.37. The lowest BCUT2D eigenvalue weighted by Gasteiger charge is -2.38. The molecule has 2 saturated heterocycles. The quantitative estimate of drug-likeness (QED) is 0.701. The van der Waals surface area contributed by atoms with Crippen molar-refractivity contribution in [1.29, 1.82) is 0 Å². The molecule has 1 aromatic carbocycles. The number of carbonyl (C=O) groups is 1. The van der Waals surface area contributed by atoms with Crippen LogP contribution < -0.4 is 0 Å². The number of carbonyl (C=O) groups excluding carboxylic acids is 1. The molecule has 1 aliphatic carbocycles. The van der Waals surface area contributed by atoms with E-state index in [1.165, 1.54) is 38.8 Å². The lowest BCUT2D eigenvalue weighted by molar-refractivity contribution is -0.130. The molecular weight excluding hydrogens is 368 g/mol.